The largest absolute Gasteiger partial charge is 0.483 e. The summed E-state index contributed by atoms with van der Waals surface area (Å²) in [5.41, 5.74) is 3.40. The van der Waals surface area contributed by atoms with Gasteiger partial charge in [0.25, 0.3) is 5.91 Å². The van der Waals surface area contributed by atoms with Crippen LogP contribution in [-0.4, -0.2) is 28.8 Å². The molecule has 2 aromatic carbocycles. The molecule has 1 aliphatic carbocycles. The summed E-state index contributed by atoms with van der Waals surface area (Å²) in [6, 6.07) is 15.3. The topological polar surface area (TPSA) is 62.7 Å². The van der Waals surface area contributed by atoms with Crippen molar-refractivity contribution in [1.29, 1.82) is 0 Å². The Balaban J connectivity index is 1.44. The van der Waals surface area contributed by atoms with Crippen molar-refractivity contribution >= 4 is 11.6 Å². The molecule has 1 fully saturated rings. The van der Waals surface area contributed by atoms with Gasteiger partial charge in [0.15, 0.2) is 6.61 Å². The van der Waals surface area contributed by atoms with Crippen molar-refractivity contribution < 1.29 is 27.8 Å². The number of rotatable bonds is 6. The highest BCUT2D eigenvalue weighted by atomic mass is 19.4. The van der Waals surface area contributed by atoms with Gasteiger partial charge < -0.3 is 14.7 Å². The smallest absolute Gasteiger partial charge is 0.422 e. The fourth-order valence-electron chi connectivity index (χ4n) is 4.15. The maximum absolute atomic E-state index is 13.1. The predicted molar refractivity (Wildman–Crippen MR) is 116 cm³/mol. The van der Waals surface area contributed by atoms with Crippen LogP contribution in [0.15, 0.2) is 60.8 Å². The number of amides is 1. The van der Waals surface area contributed by atoms with E-state index in [-0.39, 0.29) is 18.2 Å². The van der Waals surface area contributed by atoms with E-state index in [0.29, 0.717) is 34.0 Å². The van der Waals surface area contributed by atoms with E-state index < -0.39 is 18.9 Å². The number of para-hydroxylation sites is 1. The third-order valence-corrected chi connectivity index (χ3v) is 6.00. The zero-order valence-corrected chi connectivity index (χ0v) is 17.5. The van der Waals surface area contributed by atoms with Gasteiger partial charge in [-0.05, 0) is 54.7 Å². The zero-order chi connectivity index (χ0) is 23.2. The molecule has 1 amide bonds. The Kier molecular flexibility index (Phi) is 5.32. The van der Waals surface area contributed by atoms with Crippen molar-refractivity contribution in [3.63, 3.8) is 0 Å². The monoisotopic (exact) mass is 454 g/mol. The Labute approximate surface area is 188 Å². The van der Waals surface area contributed by atoms with Crippen molar-refractivity contribution in [1.82, 2.24) is 4.98 Å². The molecule has 1 unspecified atom stereocenters. The number of hydrogen-bond acceptors (Lipinski definition) is 4. The van der Waals surface area contributed by atoms with Crippen molar-refractivity contribution in [2.45, 2.75) is 31.7 Å². The van der Waals surface area contributed by atoms with Gasteiger partial charge in [0.1, 0.15) is 5.75 Å². The van der Waals surface area contributed by atoms with E-state index >= 15 is 0 Å². The average molecular weight is 454 g/mol. The maximum atomic E-state index is 13.1. The molecule has 0 bridgehead atoms. The number of halogens is 3. The Hall–Kier alpha value is -3.39. The summed E-state index contributed by atoms with van der Waals surface area (Å²) in [6.07, 6.45) is -1.44. The minimum absolute atomic E-state index is 0.0556. The van der Waals surface area contributed by atoms with Gasteiger partial charge in [0.2, 0.25) is 0 Å². The Morgan fingerprint density at radius 3 is 2.48 bits per heavy atom. The molecule has 1 aliphatic heterocycles. The number of aliphatic hydroxyl groups excluding tert-OH is 1. The SMILES string of the molecule is O=C1c2ccnc(-c3ccccc3OCC(F)(F)F)c2CN1c1ccc(C(O)C2CC2)cc1. The van der Waals surface area contributed by atoms with Crippen LogP contribution in [0.1, 0.15) is 40.4 Å². The molecule has 170 valence electrons. The number of carbonyl (C=O) groups is 1. The van der Waals surface area contributed by atoms with Gasteiger partial charge in [-0.3, -0.25) is 9.78 Å². The van der Waals surface area contributed by atoms with Gasteiger partial charge in [-0.25, -0.2) is 0 Å². The van der Waals surface area contributed by atoms with Crippen LogP contribution in [0.5, 0.6) is 5.75 Å². The number of aromatic nitrogens is 1. The molecule has 0 radical (unpaired) electrons. The van der Waals surface area contributed by atoms with Crippen LogP contribution in [-0.2, 0) is 6.54 Å². The fourth-order valence-corrected chi connectivity index (χ4v) is 4.15. The highest BCUT2D eigenvalue weighted by molar-refractivity contribution is 6.11. The van der Waals surface area contributed by atoms with E-state index in [2.05, 4.69) is 4.98 Å². The fraction of sp³-hybridized carbons (Fsp3) is 0.280. The van der Waals surface area contributed by atoms with Crippen LogP contribution < -0.4 is 9.64 Å². The summed E-state index contributed by atoms with van der Waals surface area (Å²) in [4.78, 5) is 19.1. The summed E-state index contributed by atoms with van der Waals surface area (Å²) >= 11 is 0. The molecule has 0 saturated heterocycles. The number of ether oxygens (including phenoxy) is 1. The minimum Gasteiger partial charge on any atom is -0.483 e. The van der Waals surface area contributed by atoms with E-state index in [4.69, 9.17) is 4.74 Å². The number of carbonyl (C=O) groups excluding carboxylic acids is 1. The second-order valence-electron chi connectivity index (χ2n) is 8.35. The second-order valence-corrected chi connectivity index (χ2v) is 8.35. The van der Waals surface area contributed by atoms with E-state index in [1.54, 1.807) is 41.3 Å². The van der Waals surface area contributed by atoms with E-state index in [1.165, 1.54) is 12.3 Å². The lowest BCUT2D eigenvalue weighted by atomic mass is 10.0. The quantitative estimate of drug-likeness (QED) is 0.550. The van der Waals surface area contributed by atoms with E-state index in [0.717, 1.165) is 18.4 Å². The third kappa shape index (κ3) is 4.30. The number of anilines is 1. The molecule has 1 N–H and O–H groups in total. The highest BCUT2D eigenvalue weighted by Crippen LogP contribution is 2.42. The molecule has 1 aromatic heterocycles. The minimum atomic E-state index is -4.47. The summed E-state index contributed by atoms with van der Waals surface area (Å²) in [5, 5.41) is 10.3. The van der Waals surface area contributed by atoms with Crippen molar-refractivity contribution in [3.05, 3.63) is 77.5 Å². The van der Waals surface area contributed by atoms with Gasteiger partial charge in [-0.1, -0.05) is 24.3 Å². The number of benzene rings is 2. The van der Waals surface area contributed by atoms with E-state index in [1.807, 2.05) is 12.1 Å². The van der Waals surface area contributed by atoms with Gasteiger partial charge in [0, 0.05) is 28.6 Å². The Bertz CT molecular complexity index is 1190. The molecule has 8 heteroatoms. The van der Waals surface area contributed by atoms with Crippen LogP contribution in [0, 0.1) is 5.92 Å². The first-order chi connectivity index (χ1) is 15.8. The molecule has 2 heterocycles. The molecule has 0 spiro atoms. The molecule has 1 atom stereocenters. The molecule has 2 aliphatic rings. The first kappa shape index (κ1) is 21.5. The van der Waals surface area contributed by atoms with Crippen LogP contribution in [0.2, 0.25) is 0 Å². The molecule has 5 rings (SSSR count). The molecule has 3 aromatic rings. The molecule has 5 nitrogen and oxygen atoms in total. The Morgan fingerprint density at radius 2 is 1.79 bits per heavy atom. The number of alkyl halides is 3. The summed E-state index contributed by atoms with van der Waals surface area (Å²) in [6.45, 7) is -1.18. The number of hydrogen-bond donors (Lipinski definition) is 1. The Morgan fingerprint density at radius 1 is 1.06 bits per heavy atom. The maximum Gasteiger partial charge on any atom is 0.422 e. The van der Waals surface area contributed by atoms with Crippen molar-refractivity contribution in [2.24, 2.45) is 5.92 Å². The van der Waals surface area contributed by atoms with Gasteiger partial charge in [-0.2, -0.15) is 13.2 Å². The van der Waals surface area contributed by atoms with Crippen LogP contribution in [0.3, 0.4) is 0 Å². The van der Waals surface area contributed by atoms with E-state index in [9.17, 15) is 23.1 Å². The molecular weight excluding hydrogens is 433 g/mol. The third-order valence-electron chi connectivity index (χ3n) is 6.00. The van der Waals surface area contributed by atoms with Gasteiger partial charge >= 0.3 is 6.18 Å². The first-order valence-electron chi connectivity index (χ1n) is 10.7. The van der Waals surface area contributed by atoms with Crippen LogP contribution in [0.4, 0.5) is 18.9 Å². The molecule has 1 saturated carbocycles. The lowest BCUT2D eigenvalue weighted by Crippen LogP contribution is -2.23. The van der Waals surface area contributed by atoms with Crippen molar-refractivity contribution in [3.8, 4) is 17.0 Å². The van der Waals surface area contributed by atoms with Gasteiger partial charge in [0.05, 0.1) is 18.3 Å². The van der Waals surface area contributed by atoms with Crippen LogP contribution >= 0.6 is 0 Å². The summed E-state index contributed by atoms with van der Waals surface area (Å²) in [7, 11) is 0. The number of fused-ring (bicyclic) bond motifs is 1. The summed E-state index contributed by atoms with van der Waals surface area (Å²) in [5.74, 6) is 0.152. The number of pyridine rings is 1. The standard InChI is InChI=1S/C25H21F3N2O3/c26-25(27,28)14-33-21-4-2-1-3-19(21)22-20-13-30(24(32)18(20)11-12-29-22)17-9-7-16(8-10-17)23(31)15-5-6-15/h1-4,7-12,15,23,31H,5-6,13-14H2. The lowest BCUT2D eigenvalue weighted by Gasteiger charge is -2.18. The second kappa shape index (κ2) is 8.19. The average Bonchev–Trinajstić information content (AvgIpc) is 3.60. The van der Waals surface area contributed by atoms with Crippen LogP contribution in [0.25, 0.3) is 11.3 Å². The first-order valence-corrected chi connectivity index (χ1v) is 10.7. The summed E-state index contributed by atoms with van der Waals surface area (Å²) < 4.78 is 43.1. The number of nitrogens with zero attached hydrogens (tertiary/aromatic N) is 2. The number of aliphatic hydroxyl groups is 1. The highest BCUT2D eigenvalue weighted by Gasteiger charge is 2.34. The lowest BCUT2D eigenvalue weighted by molar-refractivity contribution is -0.153. The normalized spacial score (nSPS) is 16.6. The molecular formula is C25H21F3N2O3. The zero-order valence-electron chi connectivity index (χ0n) is 17.5. The van der Waals surface area contributed by atoms with Crippen molar-refractivity contribution in [2.75, 3.05) is 11.5 Å². The predicted octanol–water partition coefficient (Wildman–Crippen LogP) is 5.29. The van der Waals surface area contributed by atoms with Gasteiger partial charge in [-0.15, -0.1) is 0 Å². The molecule has 33 heavy (non-hydrogen) atoms.